The Labute approximate surface area is 62.2 Å². The van der Waals surface area contributed by atoms with Crippen molar-refractivity contribution in [1.29, 1.82) is 0 Å². The molecule has 0 aromatic heterocycles. The smallest absolute Gasteiger partial charge is 0.233 e. The molecule has 1 aliphatic rings. The molecule has 0 spiro atoms. The van der Waals surface area contributed by atoms with Crippen LogP contribution in [0, 0.1) is 0 Å². The highest BCUT2D eigenvalue weighted by atomic mass is 16.1. The van der Waals surface area contributed by atoms with Gasteiger partial charge in [0.2, 0.25) is 5.91 Å². The molecule has 1 saturated heterocycles. The molecule has 1 fully saturated rings. The maximum Gasteiger partial charge on any atom is 0.233 e. The minimum atomic E-state index is 0.113. The second kappa shape index (κ2) is 6.55. The first-order chi connectivity index (χ1) is 4.89. The molecule has 1 rings (SSSR count). The summed E-state index contributed by atoms with van der Waals surface area (Å²) in [5.41, 5.74) is 0. The zero-order valence-electron chi connectivity index (χ0n) is 6.74. The fourth-order valence-corrected chi connectivity index (χ4v) is 0.706. The van der Waals surface area contributed by atoms with E-state index in [1.54, 1.807) is 0 Å². The first-order valence-corrected chi connectivity index (χ1v) is 3.87. The van der Waals surface area contributed by atoms with Gasteiger partial charge in [0.05, 0.1) is 6.54 Å². The van der Waals surface area contributed by atoms with Gasteiger partial charge in [0, 0.05) is 6.54 Å². The number of hydrogen-bond donors (Lipinski definition) is 2. The van der Waals surface area contributed by atoms with Crippen molar-refractivity contribution in [2.45, 2.75) is 20.3 Å². The van der Waals surface area contributed by atoms with Gasteiger partial charge in [-0.2, -0.15) is 0 Å². The van der Waals surface area contributed by atoms with Crippen molar-refractivity contribution in [3.8, 4) is 0 Å². The number of nitrogens with one attached hydrogen (secondary N) is 2. The van der Waals surface area contributed by atoms with Crippen molar-refractivity contribution >= 4 is 5.91 Å². The van der Waals surface area contributed by atoms with Crippen molar-refractivity contribution in [2.75, 3.05) is 19.6 Å². The van der Waals surface area contributed by atoms with E-state index >= 15 is 0 Å². The molecule has 0 aliphatic carbocycles. The lowest BCUT2D eigenvalue weighted by atomic mass is 10.4. The highest BCUT2D eigenvalue weighted by Crippen LogP contribution is 1.78. The Balaban J connectivity index is 0.000000371. The number of rotatable bonds is 0. The lowest BCUT2D eigenvalue weighted by Crippen LogP contribution is -2.28. The molecule has 2 N–H and O–H groups in total. The normalized spacial score (nSPS) is 18.0. The lowest BCUT2D eigenvalue weighted by Gasteiger charge is -1.93. The van der Waals surface area contributed by atoms with Crippen LogP contribution >= 0.6 is 0 Å². The summed E-state index contributed by atoms with van der Waals surface area (Å²) in [5, 5.41) is 5.73. The van der Waals surface area contributed by atoms with E-state index in [0.29, 0.717) is 6.54 Å². The van der Waals surface area contributed by atoms with Gasteiger partial charge in [-0.15, -0.1) is 0 Å². The molecular formula is C7H16N2O. The predicted octanol–water partition coefficient (Wildman–Crippen LogP) is 0.122. The average Bonchev–Trinajstić information content (AvgIpc) is 2.21. The molecular weight excluding hydrogens is 128 g/mol. The molecule has 60 valence electrons. The average molecular weight is 144 g/mol. The van der Waals surface area contributed by atoms with E-state index in [1.165, 1.54) is 0 Å². The van der Waals surface area contributed by atoms with Crippen molar-refractivity contribution in [2.24, 2.45) is 0 Å². The van der Waals surface area contributed by atoms with Crippen LogP contribution in [-0.2, 0) is 4.79 Å². The van der Waals surface area contributed by atoms with Gasteiger partial charge in [-0.3, -0.25) is 4.79 Å². The third kappa shape index (κ3) is 4.32. The fraction of sp³-hybridized carbons (Fsp3) is 0.857. The SMILES string of the molecule is CC.O=C1CNCCCN1. The third-order valence-corrected chi connectivity index (χ3v) is 1.14. The van der Waals surface area contributed by atoms with Gasteiger partial charge < -0.3 is 10.6 Å². The van der Waals surface area contributed by atoms with E-state index < -0.39 is 0 Å². The summed E-state index contributed by atoms with van der Waals surface area (Å²) < 4.78 is 0. The van der Waals surface area contributed by atoms with Crippen molar-refractivity contribution in [3.63, 3.8) is 0 Å². The molecule has 1 aliphatic heterocycles. The van der Waals surface area contributed by atoms with Gasteiger partial charge in [-0.25, -0.2) is 0 Å². The molecule has 1 heterocycles. The van der Waals surface area contributed by atoms with Gasteiger partial charge in [0.1, 0.15) is 0 Å². The molecule has 0 aromatic rings. The zero-order chi connectivity index (χ0) is 7.82. The molecule has 0 bridgehead atoms. The number of carbonyl (C=O) groups is 1. The van der Waals surface area contributed by atoms with Crippen LogP contribution in [-0.4, -0.2) is 25.5 Å². The van der Waals surface area contributed by atoms with Gasteiger partial charge in [0.25, 0.3) is 0 Å². The summed E-state index contributed by atoms with van der Waals surface area (Å²) in [4.78, 5) is 10.5. The first-order valence-electron chi connectivity index (χ1n) is 3.87. The molecule has 3 nitrogen and oxygen atoms in total. The summed E-state index contributed by atoms with van der Waals surface area (Å²) in [6, 6.07) is 0. The Morgan fingerprint density at radius 1 is 1.30 bits per heavy atom. The molecule has 3 heteroatoms. The lowest BCUT2D eigenvalue weighted by molar-refractivity contribution is -0.119. The van der Waals surface area contributed by atoms with Crippen LogP contribution in [0.4, 0.5) is 0 Å². The van der Waals surface area contributed by atoms with Crippen molar-refractivity contribution in [1.82, 2.24) is 10.6 Å². The Morgan fingerprint density at radius 3 is 2.70 bits per heavy atom. The molecule has 0 atom stereocenters. The van der Waals surface area contributed by atoms with Crippen LogP contribution in [0.2, 0.25) is 0 Å². The van der Waals surface area contributed by atoms with Crippen LogP contribution in [0.15, 0.2) is 0 Å². The molecule has 0 saturated carbocycles. The second-order valence-corrected chi connectivity index (χ2v) is 1.88. The van der Waals surface area contributed by atoms with E-state index in [0.717, 1.165) is 19.5 Å². The number of amides is 1. The monoisotopic (exact) mass is 144 g/mol. The Hall–Kier alpha value is -0.570. The zero-order valence-corrected chi connectivity index (χ0v) is 6.74. The third-order valence-electron chi connectivity index (χ3n) is 1.14. The van der Waals surface area contributed by atoms with Gasteiger partial charge >= 0.3 is 0 Å². The van der Waals surface area contributed by atoms with Crippen LogP contribution in [0.1, 0.15) is 20.3 Å². The Bertz CT molecular complexity index is 83.6. The molecule has 0 unspecified atom stereocenters. The highest BCUT2D eigenvalue weighted by Gasteiger charge is 2.02. The summed E-state index contributed by atoms with van der Waals surface area (Å²) in [6.07, 6.45) is 1.05. The van der Waals surface area contributed by atoms with E-state index in [1.807, 2.05) is 13.8 Å². The fourth-order valence-electron chi connectivity index (χ4n) is 0.706. The maximum absolute atomic E-state index is 10.5. The largest absolute Gasteiger partial charge is 0.355 e. The van der Waals surface area contributed by atoms with E-state index in [2.05, 4.69) is 10.6 Å². The predicted molar refractivity (Wildman–Crippen MR) is 41.8 cm³/mol. The Kier molecular flexibility index (Phi) is 6.18. The van der Waals surface area contributed by atoms with Crippen LogP contribution in [0.5, 0.6) is 0 Å². The molecule has 0 aromatic carbocycles. The minimum absolute atomic E-state index is 0.113. The highest BCUT2D eigenvalue weighted by molar-refractivity contribution is 5.78. The summed E-state index contributed by atoms with van der Waals surface area (Å²) in [7, 11) is 0. The Morgan fingerprint density at radius 2 is 2.00 bits per heavy atom. The second-order valence-electron chi connectivity index (χ2n) is 1.88. The first kappa shape index (κ1) is 9.43. The number of hydrogen-bond acceptors (Lipinski definition) is 2. The van der Waals surface area contributed by atoms with Crippen molar-refractivity contribution in [3.05, 3.63) is 0 Å². The van der Waals surface area contributed by atoms with Gasteiger partial charge in [-0.05, 0) is 13.0 Å². The van der Waals surface area contributed by atoms with E-state index in [9.17, 15) is 4.79 Å². The summed E-state index contributed by atoms with van der Waals surface area (Å²) in [5.74, 6) is 0.113. The van der Waals surface area contributed by atoms with E-state index in [4.69, 9.17) is 0 Å². The van der Waals surface area contributed by atoms with Crippen LogP contribution < -0.4 is 10.6 Å². The topological polar surface area (TPSA) is 41.1 Å². The van der Waals surface area contributed by atoms with Crippen LogP contribution in [0.3, 0.4) is 0 Å². The number of carbonyl (C=O) groups excluding carboxylic acids is 1. The molecule has 0 radical (unpaired) electrons. The van der Waals surface area contributed by atoms with E-state index in [-0.39, 0.29) is 5.91 Å². The van der Waals surface area contributed by atoms with Crippen molar-refractivity contribution < 1.29 is 4.79 Å². The van der Waals surface area contributed by atoms with Gasteiger partial charge in [0.15, 0.2) is 0 Å². The van der Waals surface area contributed by atoms with Gasteiger partial charge in [-0.1, -0.05) is 13.8 Å². The standard InChI is InChI=1S/C5H10N2O.C2H6/c8-5-4-6-2-1-3-7-5;1-2/h6H,1-4H2,(H,7,8);1-2H3. The maximum atomic E-state index is 10.5. The quantitative estimate of drug-likeness (QED) is 0.507. The van der Waals surface area contributed by atoms with Crippen LogP contribution in [0.25, 0.3) is 0 Å². The minimum Gasteiger partial charge on any atom is -0.355 e. The molecule has 1 amide bonds. The summed E-state index contributed by atoms with van der Waals surface area (Å²) >= 11 is 0. The summed E-state index contributed by atoms with van der Waals surface area (Å²) in [6.45, 7) is 6.27. The molecule has 10 heavy (non-hydrogen) atoms.